The summed E-state index contributed by atoms with van der Waals surface area (Å²) in [7, 11) is 0. The molecule has 0 aliphatic rings. The number of aromatic hydroxyl groups is 1. The Labute approximate surface area is 747 Å². The molecule has 0 bridgehead atoms. The molecule has 0 aliphatic heterocycles. The molecule has 19 amide bonds. The van der Waals surface area contributed by atoms with Gasteiger partial charge in [0.25, 0.3) is 0 Å². The lowest BCUT2D eigenvalue weighted by Crippen LogP contribution is -2.63. The van der Waals surface area contributed by atoms with Crippen molar-refractivity contribution in [3.8, 4) is 5.75 Å². The quantitative estimate of drug-likeness (QED) is 0.0125. The maximum absolute atomic E-state index is 14.4. The molecule has 0 unspecified atom stereocenters. The lowest BCUT2D eigenvalue weighted by Gasteiger charge is -2.30. The van der Waals surface area contributed by atoms with Crippen molar-refractivity contribution in [1.29, 1.82) is 5.41 Å². The van der Waals surface area contributed by atoms with Crippen molar-refractivity contribution in [2.75, 3.05) is 65.1 Å². The highest BCUT2D eigenvalue weighted by Crippen LogP contribution is 2.15. The topological polar surface area (TPSA) is 925 Å². The fraction of sp³-hybridized carbons (Fsp3) is 0.622. The Morgan fingerprint density at radius 2 is 0.700 bits per heavy atom. The Hall–Kier alpha value is -12.8. The molecule has 0 spiro atoms. The van der Waals surface area contributed by atoms with Crippen LogP contribution in [0.3, 0.4) is 0 Å². The lowest BCUT2D eigenvalue weighted by atomic mass is 9.97. The van der Waals surface area contributed by atoms with Crippen molar-refractivity contribution >= 4 is 143 Å². The molecular weight excluding hydrogens is 1760 g/mol. The van der Waals surface area contributed by atoms with Crippen LogP contribution < -0.4 is 119 Å². The van der Waals surface area contributed by atoms with Crippen molar-refractivity contribution in [2.45, 2.75) is 209 Å². The summed E-state index contributed by atoms with van der Waals surface area (Å²) in [5, 5.41) is 157. The molecule has 55 nitrogen and oxygen atoms in total. The summed E-state index contributed by atoms with van der Waals surface area (Å²) in [6.45, 7) is 0.309. The Morgan fingerprint density at radius 3 is 1.07 bits per heavy atom. The van der Waals surface area contributed by atoms with Gasteiger partial charge in [0.15, 0.2) is 5.96 Å². The minimum Gasteiger partial charge on any atom is -0.508 e. The number of aliphatic hydroxyl groups excluding tert-OH is 8. The first-order valence-corrected chi connectivity index (χ1v) is 40.9. The number of hydrogen-bond acceptors (Lipinski definition) is 33. The first-order chi connectivity index (χ1) is 60.9. The van der Waals surface area contributed by atoms with Gasteiger partial charge < -0.3 is 175 Å². The molecule has 1 aromatic rings. The van der Waals surface area contributed by atoms with Crippen LogP contribution >= 0.6 is 12.6 Å². The van der Waals surface area contributed by atoms with E-state index in [-0.39, 0.29) is 49.5 Å². The summed E-state index contributed by atoms with van der Waals surface area (Å²) in [5.41, 5.74) is 21.8. The predicted molar refractivity (Wildman–Crippen MR) is 449 cm³/mol. The van der Waals surface area contributed by atoms with Gasteiger partial charge in [-0.1, -0.05) is 60.1 Å². The first-order valence-electron chi connectivity index (χ1n) is 40.2. The third-order valence-electron chi connectivity index (χ3n) is 19.0. The average molecular weight is 1880 g/mol. The van der Waals surface area contributed by atoms with Crippen LogP contribution in [0.1, 0.15) is 99.0 Å². The van der Waals surface area contributed by atoms with Crippen LogP contribution in [-0.4, -0.2) is 360 Å². The van der Waals surface area contributed by atoms with Gasteiger partial charge in [-0.25, -0.2) is 4.79 Å². The number of nitrogens with one attached hydrogen (secondary N) is 19. The van der Waals surface area contributed by atoms with E-state index in [1.807, 2.05) is 21.3 Å². The summed E-state index contributed by atoms with van der Waals surface area (Å²) in [6.07, 6.45) is -5.44. The normalized spacial score (nSPS) is 15.5. The molecule has 0 radical (unpaired) electrons. The van der Waals surface area contributed by atoms with Gasteiger partial charge in [-0.2, -0.15) is 12.6 Å². The molecule has 56 heteroatoms. The maximum atomic E-state index is 14.4. The second-order valence-corrected chi connectivity index (χ2v) is 30.5. The Kier molecular flexibility index (Phi) is 51.9. The van der Waals surface area contributed by atoms with Crippen molar-refractivity contribution in [2.24, 2.45) is 40.7 Å². The molecule has 730 valence electrons. The number of thiol groups is 1. The second-order valence-electron chi connectivity index (χ2n) is 30.1. The zero-order valence-electron chi connectivity index (χ0n) is 71.9. The van der Waals surface area contributed by atoms with Gasteiger partial charge in [0.1, 0.15) is 102 Å². The van der Waals surface area contributed by atoms with Crippen LogP contribution in [0.5, 0.6) is 5.75 Å². The summed E-state index contributed by atoms with van der Waals surface area (Å²) in [4.78, 5) is 278. The van der Waals surface area contributed by atoms with Crippen molar-refractivity contribution in [3.05, 3.63) is 29.8 Å². The number of guanidine groups is 1. The van der Waals surface area contributed by atoms with Gasteiger partial charge in [0.05, 0.1) is 77.8 Å². The van der Waals surface area contributed by atoms with Gasteiger partial charge in [0, 0.05) is 25.1 Å². The Morgan fingerprint density at radius 1 is 0.385 bits per heavy atom. The molecule has 0 heterocycles. The van der Waals surface area contributed by atoms with Crippen LogP contribution in [0.2, 0.25) is 0 Å². The van der Waals surface area contributed by atoms with E-state index in [1.165, 1.54) is 53.7 Å². The highest BCUT2D eigenvalue weighted by Gasteiger charge is 2.41. The molecular formula is C74H121N23O32S. The maximum Gasteiger partial charge on any atom is 0.326 e. The SMILES string of the molecule is CC[C@H](C)[C@H](NC(=O)[C@H](CO)NC(=O)[C@H](CC(N)=O)NC(=O)[C@H](Cc1ccc(O)cc1)NC(=O)[C@H](CO)NC(=O)[C@@H](NC(=O)CNC(=O)[C@H](CO)NC(=O)[C@H](CC(N)=O)NC(=O)[C@H](CS)NC(=O)[C@H](CO)NC(=O)[C@@H](N)CCC(=O)O)[C@@H](C)O)C(=O)N[C@@H](CO)C(=O)N[C@@H](CO)C(=O)N[C@H](C(=O)N[C@H](C(=O)N[C@@H](CO)C(=O)N[C@@H](CCCNC(=N)N)C(=O)O)C(C)C)C(C)C. The Bertz CT molecular complexity index is 4100. The average Bonchev–Trinajstić information content (AvgIpc) is 0.810. The summed E-state index contributed by atoms with van der Waals surface area (Å²) in [6, 6.07) is -26.4. The number of nitrogens with two attached hydrogens (primary N) is 4. The molecule has 130 heavy (non-hydrogen) atoms. The third kappa shape index (κ3) is 40.6. The zero-order chi connectivity index (χ0) is 99.3. The molecule has 0 fully saturated rings. The van der Waals surface area contributed by atoms with Crippen LogP contribution in [0.15, 0.2) is 24.3 Å². The number of carboxylic acid groups (broad SMARTS) is 2. The van der Waals surface area contributed by atoms with Crippen molar-refractivity contribution in [3.63, 3.8) is 0 Å². The molecule has 1 rings (SSSR count). The monoisotopic (exact) mass is 1880 g/mol. The third-order valence-corrected chi connectivity index (χ3v) is 19.4. The zero-order valence-corrected chi connectivity index (χ0v) is 72.8. The summed E-state index contributed by atoms with van der Waals surface area (Å²) < 4.78 is 0. The number of carboxylic acids is 2. The number of hydrogen-bond donors (Lipinski definition) is 35. The fourth-order valence-corrected chi connectivity index (χ4v) is 11.6. The number of amides is 19. The predicted octanol–water partition coefficient (Wildman–Crippen LogP) is -17.3. The summed E-state index contributed by atoms with van der Waals surface area (Å²) >= 11 is 3.98. The van der Waals surface area contributed by atoms with Gasteiger partial charge in [-0.05, 0) is 61.6 Å². The smallest absolute Gasteiger partial charge is 0.326 e. The van der Waals surface area contributed by atoms with Crippen LogP contribution in [0.4, 0.5) is 0 Å². The number of carbonyl (C=O) groups excluding carboxylic acids is 19. The van der Waals surface area contributed by atoms with Crippen LogP contribution in [0.25, 0.3) is 0 Å². The Balaban J connectivity index is 3.37. The van der Waals surface area contributed by atoms with E-state index >= 15 is 0 Å². The van der Waals surface area contributed by atoms with E-state index in [1.54, 1.807) is 0 Å². The second kappa shape index (κ2) is 58.6. The fourth-order valence-electron chi connectivity index (χ4n) is 11.3. The number of carbonyl (C=O) groups is 21. The molecule has 38 N–H and O–H groups in total. The number of phenolic OH excluding ortho intramolecular Hbond substituents is 1. The lowest BCUT2D eigenvalue weighted by molar-refractivity contribution is -0.143. The molecule has 0 saturated heterocycles. The number of aliphatic carboxylic acids is 2. The molecule has 19 atom stereocenters. The molecule has 0 aliphatic carbocycles. The van der Waals surface area contributed by atoms with E-state index < -0.39 is 335 Å². The molecule has 1 aromatic carbocycles. The first kappa shape index (κ1) is 115. The van der Waals surface area contributed by atoms with E-state index in [2.05, 4.69) is 87.1 Å². The van der Waals surface area contributed by atoms with Gasteiger partial charge >= 0.3 is 11.9 Å². The van der Waals surface area contributed by atoms with Crippen molar-refractivity contribution < 1.29 is 157 Å². The van der Waals surface area contributed by atoms with Gasteiger partial charge in [-0.15, -0.1) is 0 Å². The largest absolute Gasteiger partial charge is 0.508 e. The van der Waals surface area contributed by atoms with Crippen molar-refractivity contribution in [1.82, 2.24) is 95.7 Å². The highest BCUT2D eigenvalue weighted by atomic mass is 32.1. The van der Waals surface area contributed by atoms with Gasteiger partial charge in [-0.3, -0.25) is 101 Å². The van der Waals surface area contributed by atoms with E-state index in [4.69, 9.17) is 33.5 Å². The number of benzene rings is 1. The van der Waals surface area contributed by atoms with Crippen LogP contribution in [0, 0.1) is 23.2 Å². The van der Waals surface area contributed by atoms with E-state index in [9.17, 15) is 152 Å². The molecule has 0 saturated carbocycles. The number of aliphatic hydroxyl groups is 8. The standard InChI is InChI=1S/C74H121N23O32S/c1-8-32(6)55(71(126)91-45(26-102)64(119)89-46(27-103)66(121)95-54(31(4)5)70(125)96-53(30(2)3)69(124)90-43(24-100)62(117)82-37(73(128)129)10-9-17-80-74(78)79)97-67(122)47(28-104)88-61(116)39(19-49(76)107)84-59(114)38(18-34-11-13-35(106)14-12-34)83-63(118)44(25-101)92-72(127)56(33(7)105)94-51(109)21-81-58(113)41(22-98)87-60(115)40(20-50(77)108)85-68(123)48(29-130)93-65(120)42(23-99)86-57(112)36(75)15-16-52(110)111/h11-14,30-33,36-48,53-56,98-106,130H,8-10,15-29,75H2,1-7H3,(H2,76,107)(H2,77,108)(H,81,113)(H,82,117)(H,83,118)(H,84,114)(H,85,123)(H,86,112)(H,87,115)(H,88,116)(H,89,119)(H,90,124)(H,91,126)(H,92,127)(H,93,120)(H,94,109)(H,95,121)(H,96,125)(H,97,122)(H,110,111)(H,128,129)(H4,78,79,80)/t32-,33+,36-,37-,38-,39-,40-,41-,42-,43-,44-,45-,46-,47-,48-,53-,54-,55-,56-/m0/s1. The van der Waals surface area contributed by atoms with Crippen LogP contribution in [-0.2, 0) is 107 Å². The number of rotatable bonds is 61. The highest BCUT2D eigenvalue weighted by molar-refractivity contribution is 7.80. The number of phenols is 1. The van der Waals surface area contributed by atoms with E-state index in [0.29, 0.717) is 0 Å². The summed E-state index contributed by atoms with van der Waals surface area (Å²) in [5.74, 6) is -30.5. The molecule has 0 aromatic heterocycles. The van der Waals surface area contributed by atoms with E-state index in [0.717, 1.165) is 19.1 Å². The van der Waals surface area contributed by atoms with Gasteiger partial charge in [0.2, 0.25) is 112 Å². The minimum absolute atomic E-state index is 0.0605. The minimum atomic E-state index is -2.12. The number of primary amides is 2.